The molecule has 0 aliphatic heterocycles. The Morgan fingerprint density at radius 2 is 2.08 bits per heavy atom. The Morgan fingerprint density at radius 1 is 1.25 bits per heavy atom. The summed E-state index contributed by atoms with van der Waals surface area (Å²) < 4.78 is 15.7. The van der Waals surface area contributed by atoms with Crippen molar-refractivity contribution in [3.8, 4) is 11.5 Å². The average Bonchev–Trinajstić information content (AvgIpc) is 3.12. The van der Waals surface area contributed by atoms with Crippen LogP contribution in [0.2, 0.25) is 0 Å². The van der Waals surface area contributed by atoms with Gasteiger partial charge in [0.1, 0.15) is 5.76 Å². The molecule has 0 fully saturated rings. The number of carbonyl (C=O) groups excluding carboxylic acids is 1. The Balaban J connectivity index is 1.72. The van der Waals surface area contributed by atoms with E-state index in [0.717, 1.165) is 22.8 Å². The Kier molecular flexibility index (Phi) is 7.29. The molecule has 1 heterocycles. The first-order valence-electron chi connectivity index (χ1n) is 7.51. The van der Waals surface area contributed by atoms with Gasteiger partial charge in [0, 0.05) is 18.4 Å². The number of thioether (sulfide) groups is 1. The van der Waals surface area contributed by atoms with Crippen LogP contribution in [0.25, 0.3) is 6.08 Å². The van der Waals surface area contributed by atoms with E-state index in [1.165, 1.54) is 6.08 Å². The number of methoxy groups -OCH3 is 2. The van der Waals surface area contributed by atoms with Gasteiger partial charge >= 0.3 is 0 Å². The Labute approximate surface area is 146 Å². The summed E-state index contributed by atoms with van der Waals surface area (Å²) >= 11 is 1.71. The lowest BCUT2D eigenvalue weighted by atomic mass is 10.2. The summed E-state index contributed by atoms with van der Waals surface area (Å²) in [7, 11) is 3.17. The zero-order chi connectivity index (χ0) is 17.2. The van der Waals surface area contributed by atoms with Gasteiger partial charge in [-0.3, -0.25) is 4.79 Å². The summed E-state index contributed by atoms with van der Waals surface area (Å²) in [5, 5.41) is 2.85. The van der Waals surface area contributed by atoms with Crippen LogP contribution in [0.15, 0.2) is 47.1 Å². The van der Waals surface area contributed by atoms with Crippen molar-refractivity contribution in [2.45, 2.75) is 5.75 Å². The molecule has 0 bridgehead atoms. The third-order valence-electron chi connectivity index (χ3n) is 3.20. The molecular formula is C18H21NO4S. The summed E-state index contributed by atoms with van der Waals surface area (Å²) in [5.41, 5.74) is 0.870. The topological polar surface area (TPSA) is 60.7 Å². The molecule has 128 valence electrons. The van der Waals surface area contributed by atoms with Crippen LogP contribution in [0.3, 0.4) is 0 Å². The maximum absolute atomic E-state index is 11.8. The highest BCUT2D eigenvalue weighted by Gasteiger charge is 2.03. The number of ether oxygens (including phenoxy) is 2. The predicted octanol–water partition coefficient (Wildman–Crippen LogP) is 3.36. The molecule has 1 aromatic carbocycles. The molecule has 0 aliphatic rings. The van der Waals surface area contributed by atoms with Crippen molar-refractivity contribution < 1.29 is 18.7 Å². The fourth-order valence-corrected chi connectivity index (χ4v) is 2.76. The monoisotopic (exact) mass is 347 g/mol. The second kappa shape index (κ2) is 9.72. The lowest BCUT2D eigenvalue weighted by molar-refractivity contribution is -0.116. The van der Waals surface area contributed by atoms with Gasteiger partial charge in [0.15, 0.2) is 11.5 Å². The Hall–Kier alpha value is -2.34. The van der Waals surface area contributed by atoms with E-state index >= 15 is 0 Å². The van der Waals surface area contributed by atoms with Gasteiger partial charge < -0.3 is 19.2 Å². The smallest absolute Gasteiger partial charge is 0.244 e. The molecule has 2 rings (SSSR count). The summed E-state index contributed by atoms with van der Waals surface area (Å²) in [5.74, 6) is 3.76. The maximum Gasteiger partial charge on any atom is 0.244 e. The number of carbonyl (C=O) groups is 1. The van der Waals surface area contributed by atoms with Crippen LogP contribution in [-0.4, -0.2) is 32.4 Å². The molecule has 0 spiro atoms. The Morgan fingerprint density at radius 3 is 2.79 bits per heavy atom. The number of rotatable bonds is 9. The van der Waals surface area contributed by atoms with Gasteiger partial charge in [0.25, 0.3) is 0 Å². The number of furan rings is 1. The molecule has 0 unspecified atom stereocenters. The highest BCUT2D eigenvalue weighted by molar-refractivity contribution is 7.98. The van der Waals surface area contributed by atoms with Gasteiger partial charge in [-0.25, -0.2) is 0 Å². The minimum Gasteiger partial charge on any atom is -0.493 e. The van der Waals surface area contributed by atoms with Crippen LogP contribution in [0.4, 0.5) is 0 Å². The van der Waals surface area contributed by atoms with E-state index < -0.39 is 0 Å². The van der Waals surface area contributed by atoms with Crippen molar-refractivity contribution in [2.75, 3.05) is 26.5 Å². The predicted molar refractivity (Wildman–Crippen MR) is 96.5 cm³/mol. The van der Waals surface area contributed by atoms with Gasteiger partial charge in [-0.05, 0) is 35.9 Å². The van der Waals surface area contributed by atoms with Crippen LogP contribution in [-0.2, 0) is 10.5 Å². The second-order valence-corrected chi connectivity index (χ2v) is 5.98. The number of hydrogen-bond acceptors (Lipinski definition) is 5. The molecule has 0 radical (unpaired) electrons. The van der Waals surface area contributed by atoms with Crippen molar-refractivity contribution in [1.82, 2.24) is 5.32 Å². The first-order chi connectivity index (χ1) is 11.7. The van der Waals surface area contributed by atoms with E-state index in [9.17, 15) is 4.79 Å². The van der Waals surface area contributed by atoms with Gasteiger partial charge in [-0.15, -0.1) is 0 Å². The van der Waals surface area contributed by atoms with Crippen molar-refractivity contribution in [3.05, 3.63) is 54.0 Å². The molecule has 0 saturated carbocycles. The zero-order valence-electron chi connectivity index (χ0n) is 13.8. The molecule has 0 saturated heterocycles. The molecule has 1 amide bonds. The molecule has 24 heavy (non-hydrogen) atoms. The SMILES string of the molecule is COc1ccc(/C=C/C(=O)NCCSCc2ccco2)cc1OC. The van der Waals surface area contributed by atoms with E-state index in [1.807, 2.05) is 30.3 Å². The van der Waals surface area contributed by atoms with E-state index in [0.29, 0.717) is 18.0 Å². The summed E-state index contributed by atoms with van der Waals surface area (Å²) in [6.07, 6.45) is 4.92. The largest absolute Gasteiger partial charge is 0.493 e. The molecule has 2 aromatic rings. The van der Waals surface area contributed by atoms with Crippen LogP contribution in [0.5, 0.6) is 11.5 Å². The molecule has 0 aliphatic carbocycles. The van der Waals surface area contributed by atoms with Crippen LogP contribution in [0, 0.1) is 0 Å². The highest BCUT2D eigenvalue weighted by Crippen LogP contribution is 2.27. The average molecular weight is 347 g/mol. The highest BCUT2D eigenvalue weighted by atomic mass is 32.2. The molecule has 0 atom stereocenters. The van der Waals surface area contributed by atoms with E-state index in [4.69, 9.17) is 13.9 Å². The maximum atomic E-state index is 11.8. The minimum atomic E-state index is -0.122. The lowest BCUT2D eigenvalue weighted by Gasteiger charge is -2.07. The zero-order valence-corrected chi connectivity index (χ0v) is 14.6. The van der Waals surface area contributed by atoms with Crippen LogP contribution >= 0.6 is 11.8 Å². The molecule has 1 N–H and O–H groups in total. The first kappa shape index (κ1) is 18.0. The van der Waals surface area contributed by atoms with Gasteiger partial charge in [-0.2, -0.15) is 11.8 Å². The van der Waals surface area contributed by atoms with Gasteiger partial charge in [0.2, 0.25) is 5.91 Å². The second-order valence-electron chi connectivity index (χ2n) is 4.87. The summed E-state index contributed by atoms with van der Waals surface area (Å²) in [6, 6.07) is 9.31. The van der Waals surface area contributed by atoms with Crippen molar-refractivity contribution in [3.63, 3.8) is 0 Å². The fourth-order valence-electron chi connectivity index (χ4n) is 2.00. The quantitative estimate of drug-likeness (QED) is 0.557. The van der Waals surface area contributed by atoms with E-state index in [-0.39, 0.29) is 5.91 Å². The van der Waals surface area contributed by atoms with E-state index in [1.54, 1.807) is 38.3 Å². The summed E-state index contributed by atoms with van der Waals surface area (Å²) in [4.78, 5) is 11.8. The molecule has 5 nitrogen and oxygen atoms in total. The standard InChI is InChI=1S/C18H21NO4S/c1-21-16-7-5-14(12-17(16)22-2)6-8-18(20)19-9-11-24-13-15-4-3-10-23-15/h3-8,10,12H,9,11,13H2,1-2H3,(H,19,20)/b8-6+. The molecule has 1 aromatic heterocycles. The third-order valence-corrected chi connectivity index (χ3v) is 4.19. The minimum absolute atomic E-state index is 0.122. The van der Waals surface area contributed by atoms with Gasteiger partial charge in [0.05, 0.1) is 26.2 Å². The molecule has 6 heteroatoms. The van der Waals surface area contributed by atoms with Crippen molar-refractivity contribution >= 4 is 23.7 Å². The summed E-state index contributed by atoms with van der Waals surface area (Å²) in [6.45, 7) is 0.612. The first-order valence-corrected chi connectivity index (χ1v) is 8.66. The number of amides is 1. The molecular weight excluding hydrogens is 326 g/mol. The van der Waals surface area contributed by atoms with E-state index in [2.05, 4.69) is 5.32 Å². The van der Waals surface area contributed by atoms with Gasteiger partial charge in [-0.1, -0.05) is 6.07 Å². The van der Waals surface area contributed by atoms with Crippen LogP contribution in [0.1, 0.15) is 11.3 Å². The van der Waals surface area contributed by atoms with Crippen LogP contribution < -0.4 is 14.8 Å². The fraction of sp³-hybridized carbons (Fsp3) is 0.278. The number of benzene rings is 1. The third kappa shape index (κ3) is 5.70. The number of hydrogen-bond donors (Lipinski definition) is 1. The van der Waals surface area contributed by atoms with Crippen molar-refractivity contribution in [1.29, 1.82) is 0 Å². The normalized spacial score (nSPS) is 10.8. The Bertz CT molecular complexity index is 668. The number of nitrogens with one attached hydrogen (secondary N) is 1. The van der Waals surface area contributed by atoms with Crippen molar-refractivity contribution in [2.24, 2.45) is 0 Å². The lowest BCUT2D eigenvalue weighted by Crippen LogP contribution is -2.23.